The fourth-order valence-corrected chi connectivity index (χ4v) is 3.98. The summed E-state index contributed by atoms with van der Waals surface area (Å²) in [6, 6.07) is 4.11. The van der Waals surface area contributed by atoms with Crippen LogP contribution in [-0.4, -0.2) is 47.1 Å². The minimum Gasteiger partial charge on any atom is -0.309 e. The van der Waals surface area contributed by atoms with Crippen LogP contribution in [0, 0.1) is 11.7 Å². The summed E-state index contributed by atoms with van der Waals surface area (Å²) in [5.41, 5.74) is 0.935. The van der Waals surface area contributed by atoms with Crippen LogP contribution < -0.4 is 5.32 Å². The molecule has 1 aromatic rings. The monoisotopic (exact) mass is 311 g/mol. The summed E-state index contributed by atoms with van der Waals surface area (Å²) in [6.07, 6.45) is 1.31. The first-order chi connectivity index (χ1) is 10.1. The van der Waals surface area contributed by atoms with Gasteiger partial charge in [-0.1, -0.05) is 13.8 Å². The van der Waals surface area contributed by atoms with Gasteiger partial charge < -0.3 is 5.32 Å². The van der Waals surface area contributed by atoms with E-state index >= 15 is 0 Å². The highest BCUT2D eigenvalue weighted by molar-refractivity contribution is 7.99. The summed E-state index contributed by atoms with van der Waals surface area (Å²) in [6.45, 7) is 9.76. The Kier molecular flexibility index (Phi) is 6.45. The Labute approximate surface area is 131 Å². The maximum absolute atomic E-state index is 13.1. The number of nitrogens with zero attached hydrogens (tertiary/aromatic N) is 2. The fourth-order valence-electron chi connectivity index (χ4n) is 2.90. The second-order valence-electron chi connectivity index (χ2n) is 5.83. The summed E-state index contributed by atoms with van der Waals surface area (Å²) in [5, 5.41) is 3.51. The smallest absolute Gasteiger partial charge is 0.141 e. The molecule has 118 valence electrons. The van der Waals surface area contributed by atoms with E-state index in [-0.39, 0.29) is 11.9 Å². The van der Waals surface area contributed by atoms with Gasteiger partial charge in [0.1, 0.15) is 5.82 Å². The molecule has 0 radical (unpaired) electrons. The van der Waals surface area contributed by atoms with Crippen molar-refractivity contribution in [3.63, 3.8) is 0 Å². The molecule has 1 aliphatic rings. The fraction of sp³-hybridized carbons (Fsp3) is 0.688. The lowest BCUT2D eigenvalue weighted by atomic mass is 9.97. The van der Waals surface area contributed by atoms with Gasteiger partial charge in [-0.25, -0.2) is 4.39 Å². The zero-order valence-electron chi connectivity index (χ0n) is 13.2. The minimum absolute atomic E-state index is 0.178. The molecule has 0 amide bonds. The molecule has 1 aliphatic heterocycles. The van der Waals surface area contributed by atoms with E-state index in [9.17, 15) is 4.39 Å². The van der Waals surface area contributed by atoms with E-state index in [0.29, 0.717) is 12.0 Å². The molecule has 0 saturated carbocycles. The summed E-state index contributed by atoms with van der Waals surface area (Å²) in [5.74, 6) is 2.60. The van der Waals surface area contributed by atoms with Crippen molar-refractivity contribution in [2.45, 2.75) is 32.9 Å². The largest absolute Gasteiger partial charge is 0.309 e. The number of thioether (sulfide) groups is 1. The van der Waals surface area contributed by atoms with Gasteiger partial charge in [0, 0.05) is 30.6 Å². The Hall–Kier alpha value is -0.650. The number of hydrogen-bond acceptors (Lipinski definition) is 4. The molecule has 3 unspecified atom stereocenters. The molecular weight excluding hydrogens is 285 g/mol. The van der Waals surface area contributed by atoms with Gasteiger partial charge in [-0.05, 0) is 31.5 Å². The predicted octanol–water partition coefficient (Wildman–Crippen LogP) is 2.94. The molecule has 0 aliphatic carbocycles. The van der Waals surface area contributed by atoms with E-state index in [1.807, 2.05) is 11.8 Å². The van der Waals surface area contributed by atoms with Gasteiger partial charge in [0.2, 0.25) is 0 Å². The molecule has 2 rings (SSSR count). The van der Waals surface area contributed by atoms with Gasteiger partial charge in [0.15, 0.2) is 0 Å². The minimum atomic E-state index is -0.275. The lowest BCUT2D eigenvalue weighted by Gasteiger charge is -2.37. The summed E-state index contributed by atoms with van der Waals surface area (Å²) >= 11 is 2.04. The zero-order chi connectivity index (χ0) is 15.2. The van der Waals surface area contributed by atoms with Crippen LogP contribution in [0.2, 0.25) is 0 Å². The molecule has 5 heteroatoms. The van der Waals surface area contributed by atoms with Gasteiger partial charge in [-0.3, -0.25) is 9.88 Å². The summed E-state index contributed by atoms with van der Waals surface area (Å²) in [4.78, 5) is 6.83. The molecule has 1 fully saturated rings. The molecular formula is C16H26FN3S. The number of halogens is 1. The third kappa shape index (κ3) is 4.66. The summed E-state index contributed by atoms with van der Waals surface area (Å²) < 4.78 is 13.1. The number of hydrogen-bond donors (Lipinski definition) is 1. The van der Waals surface area contributed by atoms with Crippen molar-refractivity contribution in [3.05, 3.63) is 29.8 Å². The highest BCUT2D eigenvalue weighted by Crippen LogP contribution is 2.24. The Balaban J connectivity index is 2.04. The van der Waals surface area contributed by atoms with Crippen LogP contribution in [0.4, 0.5) is 4.39 Å². The van der Waals surface area contributed by atoms with Crippen LogP contribution in [0.3, 0.4) is 0 Å². The van der Waals surface area contributed by atoms with E-state index in [1.54, 1.807) is 6.07 Å². The molecule has 1 N–H and O–H groups in total. The van der Waals surface area contributed by atoms with E-state index in [4.69, 9.17) is 0 Å². The second-order valence-corrected chi connectivity index (χ2v) is 6.98. The van der Waals surface area contributed by atoms with Gasteiger partial charge in [0.05, 0.1) is 17.9 Å². The van der Waals surface area contributed by atoms with Crippen LogP contribution in [0.15, 0.2) is 18.3 Å². The second kappa shape index (κ2) is 8.11. The third-order valence-electron chi connectivity index (χ3n) is 4.09. The Morgan fingerprint density at radius 2 is 2.33 bits per heavy atom. The average molecular weight is 311 g/mol. The lowest BCUT2D eigenvalue weighted by molar-refractivity contribution is 0.180. The Morgan fingerprint density at radius 1 is 1.52 bits per heavy atom. The van der Waals surface area contributed by atoms with Crippen molar-refractivity contribution in [1.82, 2.24) is 15.2 Å². The highest BCUT2D eigenvalue weighted by atomic mass is 32.2. The van der Waals surface area contributed by atoms with Gasteiger partial charge in [-0.2, -0.15) is 11.8 Å². The zero-order valence-corrected chi connectivity index (χ0v) is 14.0. The van der Waals surface area contributed by atoms with Crippen LogP contribution >= 0.6 is 11.8 Å². The molecule has 3 nitrogen and oxygen atoms in total. The maximum atomic E-state index is 13.1. The highest BCUT2D eigenvalue weighted by Gasteiger charge is 2.25. The normalized spacial score (nSPS) is 23.0. The molecule has 1 saturated heterocycles. The van der Waals surface area contributed by atoms with Crippen molar-refractivity contribution in [2.24, 2.45) is 5.92 Å². The third-order valence-corrected chi connectivity index (χ3v) is 5.28. The lowest BCUT2D eigenvalue weighted by Crippen LogP contribution is -2.45. The number of rotatable bonds is 6. The molecule has 0 aromatic carbocycles. The molecule has 3 atom stereocenters. The van der Waals surface area contributed by atoms with Crippen molar-refractivity contribution < 1.29 is 4.39 Å². The molecule has 1 aromatic heterocycles. The standard InChI is InChI=1S/C16H26FN3S/c1-4-18-16(15-6-5-14(17)9-19-15)12(2)10-20-7-8-21-11-13(20)3/h5-6,9,12-13,16,18H,4,7-8,10-11H2,1-3H3. The van der Waals surface area contributed by atoms with Crippen molar-refractivity contribution in [3.8, 4) is 0 Å². The Morgan fingerprint density at radius 3 is 2.95 bits per heavy atom. The predicted molar refractivity (Wildman–Crippen MR) is 88.1 cm³/mol. The summed E-state index contributed by atoms with van der Waals surface area (Å²) in [7, 11) is 0. The van der Waals surface area contributed by atoms with Crippen molar-refractivity contribution in [1.29, 1.82) is 0 Å². The molecule has 0 spiro atoms. The molecule has 2 heterocycles. The van der Waals surface area contributed by atoms with Crippen LogP contribution in [0.25, 0.3) is 0 Å². The first-order valence-corrected chi connectivity index (χ1v) is 8.94. The van der Waals surface area contributed by atoms with Crippen LogP contribution in [0.5, 0.6) is 0 Å². The van der Waals surface area contributed by atoms with Gasteiger partial charge in [0.25, 0.3) is 0 Å². The van der Waals surface area contributed by atoms with E-state index in [2.05, 4.69) is 36.0 Å². The Bertz CT molecular complexity index is 426. The van der Waals surface area contributed by atoms with Gasteiger partial charge >= 0.3 is 0 Å². The molecule has 0 bridgehead atoms. The maximum Gasteiger partial charge on any atom is 0.141 e. The SMILES string of the molecule is CCNC(c1ccc(F)cn1)C(C)CN1CCSCC1C. The van der Waals surface area contributed by atoms with Crippen molar-refractivity contribution >= 4 is 11.8 Å². The molecule has 21 heavy (non-hydrogen) atoms. The van der Waals surface area contributed by atoms with E-state index in [1.165, 1.54) is 23.8 Å². The first kappa shape index (κ1) is 16.7. The van der Waals surface area contributed by atoms with Crippen molar-refractivity contribution in [2.75, 3.05) is 31.1 Å². The van der Waals surface area contributed by atoms with E-state index in [0.717, 1.165) is 25.3 Å². The number of nitrogens with one attached hydrogen (secondary N) is 1. The number of aromatic nitrogens is 1. The topological polar surface area (TPSA) is 28.2 Å². The van der Waals surface area contributed by atoms with Crippen LogP contribution in [0.1, 0.15) is 32.5 Å². The number of pyridine rings is 1. The quantitative estimate of drug-likeness (QED) is 0.874. The van der Waals surface area contributed by atoms with Crippen LogP contribution in [-0.2, 0) is 0 Å². The average Bonchev–Trinajstić information content (AvgIpc) is 2.48. The van der Waals surface area contributed by atoms with Gasteiger partial charge in [-0.15, -0.1) is 0 Å². The van der Waals surface area contributed by atoms with E-state index < -0.39 is 0 Å². The first-order valence-electron chi connectivity index (χ1n) is 7.78.